The lowest BCUT2D eigenvalue weighted by Gasteiger charge is -2.35. The second kappa shape index (κ2) is 5.66. The summed E-state index contributed by atoms with van der Waals surface area (Å²) in [5, 5.41) is 23.3. The SMILES string of the molecule is O=C(O)C1(Nc2ccc([N+](=O)[O-])cc2Cl)CCCCC1. The Bertz CT molecular complexity index is 541. The standard InChI is InChI=1S/C13H15ClN2O4/c14-10-8-9(16(19)20)4-5-11(10)15-13(12(17)18)6-2-1-3-7-13/h4-5,8,15H,1-3,6-7H2,(H,17,18). The van der Waals surface area contributed by atoms with Crippen molar-refractivity contribution in [3.8, 4) is 0 Å². The first-order valence-corrected chi connectivity index (χ1v) is 6.78. The Kier molecular flexibility index (Phi) is 4.13. The normalized spacial score (nSPS) is 17.4. The maximum atomic E-state index is 11.6. The predicted octanol–water partition coefficient (Wildman–Crippen LogP) is 3.45. The summed E-state index contributed by atoms with van der Waals surface area (Å²) in [7, 11) is 0. The van der Waals surface area contributed by atoms with Crippen LogP contribution in [-0.4, -0.2) is 21.5 Å². The zero-order valence-electron chi connectivity index (χ0n) is 10.8. The summed E-state index contributed by atoms with van der Waals surface area (Å²) in [5.74, 6) is -0.911. The van der Waals surface area contributed by atoms with Gasteiger partial charge in [0.05, 0.1) is 15.6 Å². The average molecular weight is 299 g/mol. The third kappa shape index (κ3) is 2.85. The number of aliphatic carboxylic acids is 1. The van der Waals surface area contributed by atoms with Crippen LogP contribution in [0.15, 0.2) is 18.2 Å². The first-order chi connectivity index (χ1) is 9.44. The first kappa shape index (κ1) is 14.6. The highest BCUT2D eigenvalue weighted by Crippen LogP contribution is 2.35. The molecule has 0 aromatic heterocycles. The monoisotopic (exact) mass is 298 g/mol. The van der Waals surface area contributed by atoms with Gasteiger partial charge in [0.2, 0.25) is 0 Å². The number of halogens is 1. The highest BCUT2D eigenvalue weighted by molar-refractivity contribution is 6.33. The molecule has 0 unspecified atom stereocenters. The molecule has 1 saturated carbocycles. The molecule has 0 radical (unpaired) electrons. The Balaban J connectivity index is 2.27. The van der Waals surface area contributed by atoms with Crippen LogP contribution in [0.4, 0.5) is 11.4 Å². The third-order valence-electron chi connectivity index (χ3n) is 3.65. The van der Waals surface area contributed by atoms with Crippen molar-refractivity contribution in [2.45, 2.75) is 37.6 Å². The third-order valence-corrected chi connectivity index (χ3v) is 3.97. The van der Waals surface area contributed by atoms with Crippen molar-refractivity contribution in [3.63, 3.8) is 0 Å². The quantitative estimate of drug-likeness (QED) is 0.656. The van der Waals surface area contributed by atoms with Crippen LogP contribution in [-0.2, 0) is 4.79 Å². The number of carbonyl (C=O) groups is 1. The van der Waals surface area contributed by atoms with Gasteiger partial charge in [0.15, 0.2) is 0 Å². The number of hydrogen-bond donors (Lipinski definition) is 2. The molecule has 108 valence electrons. The molecule has 1 fully saturated rings. The second-order valence-electron chi connectivity index (χ2n) is 4.99. The van der Waals surface area contributed by atoms with E-state index in [2.05, 4.69) is 5.32 Å². The summed E-state index contributed by atoms with van der Waals surface area (Å²) < 4.78 is 0. The lowest BCUT2D eigenvalue weighted by Crippen LogP contribution is -2.47. The van der Waals surface area contributed by atoms with E-state index in [0.29, 0.717) is 18.5 Å². The van der Waals surface area contributed by atoms with Crippen LogP contribution in [0.25, 0.3) is 0 Å². The maximum absolute atomic E-state index is 11.6. The minimum Gasteiger partial charge on any atom is -0.480 e. The minimum atomic E-state index is -1.03. The summed E-state index contributed by atoms with van der Waals surface area (Å²) >= 11 is 6.00. The molecule has 0 bridgehead atoms. The van der Waals surface area contributed by atoms with E-state index in [4.69, 9.17) is 11.6 Å². The highest BCUT2D eigenvalue weighted by atomic mass is 35.5. The highest BCUT2D eigenvalue weighted by Gasteiger charge is 2.39. The van der Waals surface area contributed by atoms with Gasteiger partial charge in [-0.25, -0.2) is 4.79 Å². The summed E-state index contributed by atoms with van der Waals surface area (Å²) in [6.45, 7) is 0. The number of rotatable bonds is 4. The average Bonchev–Trinajstić information content (AvgIpc) is 2.41. The molecule has 0 spiro atoms. The van der Waals surface area contributed by atoms with E-state index in [1.54, 1.807) is 0 Å². The van der Waals surface area contributed by atoms with Crippen molar-refractivity contribution in [2.75, 3.05) is 5.32 Å². The summed E-state index contributed by atoms with van der Waals surface area (Å²) in [6.07, 6.45) is 3.74. The largest absolute Gasteiger partial charge is 0.480 e. The predicted molar refractivity (Wildman–Crippen MR) is 75.2 cm³/mol. The van der Waals surface area contributed by atoms with Crippen LogP contribution in [0.3, 0.4) is 0 Å². The van der Waals surface area contributed by atoms with E-state index < -0.39 is 16.4 Å². The first-order valence-electron chi connectivity index (χ1n) is 6.40. The van der Waals surface area contributed by atoms with Crippen molar-refractivity contribution < 1.29 is 14.8 Å². The van der Waals surface area contributed by atoms with E-state index in [9.17, 15) is 20.0 Å². The molecule has 0 heterocycles. The number of carboxylic acids is 1. The van der Waals surface area contributed by atoms with Gasteiger partial charge in [0.25, 0.3) is 5.69 Å². The van der Waals surface area contributed by atoms with E-state index in [0.717, 1.165) is 19.3 Å². The van der Waals surface area contributed by atoms with Gasteiger partial charge < -0.3 is 10.4 Å². The van der Waals surface area contributed by atoms with Crippen LogP contribution in [0.5, 0.6) is 0 Å². The fourth-order valence-electron chi connectivity index (χ4n) is 2.52. The topological polar surface area (TPSA) is 92.5 Å². The molecule has 2 rings (SSSR count). The fourth-order valence-corrected chi connectivity index (χ4v) is 2.75. The van der Waals surface area contributed by atoms with E-state index in [1.165, 1.54) is 18.2 Å². The van der Waals surface area contributed by atoms with Crippen molar-refractivity contribution in [2.24, 2.45) is 0 Å². The van der Waals surface area contributed by atoms with Crippen molar-refractivity contribution in [1.29, 1.82) is 0 Å². The molecule has 20 heavy (non-hydrogen) atoms. The number of nitrogens with one attached hydrogen (secondary N) is 1. The van der Waals surface area contributed by atoms with Gasteiger partial charge in [-0.3, -0.25) is 10.1 Å². The molecule has 0 saturated heterocycles. The van der Waals surface area contributed by atoms with Gasteiger partial charge in [0, 0.05) is 12.1 Å². The van der Waals surface area contributed by atoms with Gasteiger partial charge in [0.1, 0.15) is 5.54 Å². The van der Waals surface area contributed by atoms with Crippen molar-refractivity contribution in [1.82, 2.24) is 0 Å². The van der Waals surface area contributed by atoms with Crippen LogP contribution in [0, 0.1) is 10.1 Å². The van der Waals surface area contributed by atoms with E-state index in [1.807, 2.05) is 0 Å². The molecular formula is C13H15ClN2O4. The van der Waals surface area contributed by atoms with E-state index in [-0.39, 0.29) is 10.7 Å². The number of nitro benzene ring substituents is 1. The van der Waals surface area contributed by atoms with Gasteiger partial charge in [-0.1, -0.05) is 30.9 Å². The molecule has 6 nitrogen and oxygen atoms in total. The Hall–Kier alpha value is -1.82. The van der Waals surface area contributed by atoms with E-state index >= 15 is 0 Å². The smallest absolute Gasteiger partial charge is 0.329 e. The summed E-state index contributed by atoms with van der Waals surface area (Å²) in [5.41, 5.74) is -0.729. The fraction of sp³-hybridized carbons (Fsp3) is 0.462. The lowest BCUT2D eigenvalue weighted by molar-refractivity contribution is -0.384. The Labute approximate surface area is 120 Å². The van der Waals surface area contributed by atoms with Crippen LogP contribution < -0.4 is 5.32 Å². The molecule has 2 N–H and O–H groups in total. The van der Waals surface area contributed by atoms with Gasteiger partial charge >= 0.3 is 5.97 Å². The number of benzene rings is 1. The Morgan fingerprint density at radius 1 is 1.35 bits per heavy atom. The number of anilines is 1. The number of nitrogens with zero attached hydrogens (tertiary/aromatic N) is 1. The van der Waals surface area contributed by atoms with Gasteiger partial charge in [-0.15, -0.1) is 0 Å². The second-order valence-corrected chi connectivity index (χ2v) is 5.40. The molecule has 1 aromatic rings. The summed E-state index contributed by atoms with van der Waals surface area (Å²) in [6, 6.07) is 3.99. The molecule has 0 aliphatic heterocycles. The zero-order chi connectivity index (χ0) is 14.8. The van der Waals surface area contributed by atoms with Crippen LogP contribution >= 0.6 is 11.6 Å². The number of hydrogen-bond acceptors (Lipinski definition) is 4. The number of nitro groups is 1. The Morgan fingerprint density at radius 3 is 2.50 bits per heavy atom. The van der Waals surface area contributed by atoms with Crippen LogP contribution in [0.1, 0.15) is 32.1 Å². The zero-order valence-corrected chi connectivity index (χ0v) is 11.5. The lowest BCUT2D eigenvalue weighted by atomic mass is 9.81. The van der Waals surface area contributed by atoms with Crippen LogP contribution in [0.2, 0.25) is 5.02 Å². The number of non-ortho nitro benzene ring substituents is 1. The molecule has 0 amide bonds. The molecule has 7 heteroatoms. The Morgan fingerprint density at radius 2 is 2.00 bits per heavy atom. The number of carboxylic acid groups (broad SMARTS) is 1. The molecule has 1 aliphatic carbocycles. The van der Waals surface area contributed by atoms with Gasteiger partial charge in [-0.05, 0) is 18.9 Å². The molecule has 0 atom stereocenters. The molecule has 1 aromatic carbocycles. The van der Waals surface area contributed by atoms with Gasteiger partial charge in [-0.2, -0.15) is 0 Å². The molecule has 1 aliphatic rings. The maximum Gasteiger partial charge on any atom is 0.329 e. The van der Waals surface area contributed by atoms with Crippen molar-refractivity contribution in [3.05, 3.63) is 33.3 Å². The molecular weight excluding hydrogens is 284 g/mol. The van der Waals surface area contributed by atoms with Crippen molar-refractivity contribution >= 4 is 28.9 Å². The summed E-state index contributed by atoms with van der Waals surface area (Å²) in [4.78, 5) is 21.7. The minimum absolute atomic E-state index is 0.117.